The lowest BCUT2D eigenvalue weighted by molar-refractivity contribution is -0.328. The molecule has 1 aromatic carbocycles. The summed E-state index contributed by atoms with van der Waals surface area (Å²) >= 11 is 0. The van der Waals surface area contributed by atoms with Crippen LogP contribution >= 0.6 is 0 Å². The molecule has 96 valence electrons. The summed E-state index contributed by atoms with van der Waals surface area (Å²) in [7, 11) is 0. The highest BCUT2D eigenvalue weighted by molar-refractivity contribution is 5.22. The highest BCUT2D eigenvalue weighted by Crippen LogP contribution is 2.40. The second-order valence-electron chi connectivity index (χ2n) is 3.01. The fourth-order valence-corrected chi connectivity index (χ4v) is 0.862. The Morgan fingerprint density at radius 2 is 1.65 bits per heavy atom. The smallest absolute Gasteiger partial charge is 0.454 e. The molecule has 0 radical (unpaired) electrons. The van der Waals surface area contributed by atoms with Crippen molar-refractivity contribution in [2.45, 2.75) is 18.5 Å². The van der Waals surface area contributed by atoms with Crippen LogP contribution in [0.4, 0.5) is 30.7 Å². The third-order valence-electron chi connectivity index (χ3n) is 1.70. The van der Waals surface area contributed by atoms with E-state index in [9.17, 15) is 30.7 Å². The van der Waals surface area contributed by atoms with Gasteiger partial charge >= 0.3 is 18.5 Å². The van der Waals surface area contributed by atoms with E-state index >= 15 is 0 Å². The number of hydrogen-bond donors (Lipinski definition) is 0. The van der Waals surface area contributed by atoms with Crippen LogP contribution in [0.5, 0.6) is 5.75 Å². The number of rotatable bonds is 3. The normalized spacial score (nSPS) is 14.5. The van der Waals surface area contributed by atoms with E-state index in [4.69, 9.17) is 0 Å². The molecule has 0 heterocycles. The summed E-state index contributed by atoms with van der Waals surface area (Å²) in [6, 6.07) is 3.20. The van der Waals surface area contributed by atoms with Gasteiger partial charge in [-0.1, -0.05) is 6.07 Å². The van der Waals surface area contributed by atoms with Gasteiger partial charge in [0.2, 0.25) is 0 Å². The predicted molar refractivity (Wildman–Crippen MR) is 42.9 cm³/mol. The van der Waals surface area contributed by atoms with Gasteiger partial charge in [-0.25, -0.2) is 4.39 Å². The van der Waals surface area contributed by atoms with E-state index in [-0.39, 0.29) is 0 Å². The minimum Gasteiger partial charge on any atom is -0.454 e. The average Bonchev–Trinajstić information content (AvgIpc) is 2.15. The molecule has 1 nitrogen and oxygen atoms in total. The van der Waals surface area contributed by atoms with Gasteiger partial charge in [-0.3, -0.25) is 0 Å². The number of alkyl halides is 6. The predicted octanol–water partition coefficient (Wildman–Crippen LogP) is 3.70. The Morgan fingerprint density at radius 1 is 1.06 bits per heavy atom. The molecule has 1 aromatic rings. The molecule has 0 aromatic heterocycles. The Hall–Kier alpha value is -1.47. The maximum Gasteiger partial charge on any atom is 0.460 e. The Kier molecular flexibility index (Phi) is 3.53. The summed E-state index contributed by atoms with van der Waals surface area (Å²) in [4.78, 5) is 0. The largest absolute Gasteiger partial charge is 0.460 e. The Balaban J connectivity index is 2.83. The van der Waals surface area contributed by atoms with Gasteiger partial charge in [0.25, 0.3) is 0 Å². The Bertz CT molecular complexity index is 387. The molecule has 0 spiro atoms. The zero-order chi connectivity index (χ0) is 13.3. The summed E-state index contributed by atoms with van der Waals surface area (Å²) in [5, 5.41) is 0. The molecule has 1 unspecified atom stereocenters. The molecular formula is C9H5F7O. The van der Waals surface area contributed by atoms with Crippen LogP contribution < -0.4 is 4.74 Å². The number of halogens is 7. The fourth-order valence-electron chi connectivity index (χ4n) is 0.862. The zero-order valence-corrected chi connectivity index (χ0v) is 7.94. The maximum absolute atomic E-state index is 12.7. The van der Waals surface area contributed by atoms with E-state index in [1.165, 1.54) is 0 Å². The number of benzene rings is 1. The first-order valence-electron chi connectivity index (χ1n) is 4.15. The van der Waals surface area contributed by atoms with E-state index in [1.807, 2.05) is 0 Å². The number of hydrogen-bond acceptors (Lipinski definition) is 1. The van der Waals surface area contributed by atoms with Crippen molar-refractivity contribution in [1.29, 1.82) is 0 Å². The molecule has 0 N–H and O–H groups in total. The molecule has 0 saturated heterocycles. The van der Waals surface area contributed by atoms with Crippen molar-refractivity contribution in [3.8, 4) is 5.75 Å². The van der Waals surface area contributed by atoms with Gasteiger partial charge in [0.05, 0.1) is 0 Å². The third kappa shape index (κ3) is 3.01. The first-order chi connectivity index (χ1) is 7.64. The lowest BCUT2D eigenvalue weighted by atomic mass is 10.3. The standard InChI is InChI=1S/C9H5F7O/c10-5-2-1-3-6(4-5)17-7(11)8(12,13)9(14,15)16/h1-4,7H. The van der Waals surface area contributed by atoms with Gasteiger partial charge in [0.15, 0.2) is 0 Å². The van der Waals surface area contributed by atoms with Crippen molar-refractivity contribution in [1.82, 2.24) is 0 Å². The summed E-state index contributed by atoms with van der Waals surface area (Å²) in [5.74, 6) is -7.38. The highest BCUT2D eigenvalue weighted by Gasteiger charge is 2.65. The van der Waals surface area contributed by atoms with Gasteiger partial charge in [-0.05, 0) is 12.1 Å². The molecule has 8 heteroatoms. The fraction of sp³-hybridized carbons (Fsp3) is 0.333. The molecule has 0 aliphatic rings. The summed E-state index contributed by atoms with van der Waals surface area (Å²) in [6.45, 7) is 0. The molecule has 0 saturated carbocycles. The van der Waals surface area contributed by atoms with Gasteiger partial charge in [-0.15, -0.1) is 0 Å². The molecule has 0 amide bonds. The molecule has 1 rings (SSSR count). The molecule has 17 heavy (non-hydrogen) atoms. The summed E-state index contributed by atoms with van der Waals surface area (Å²) in [6.07, 6.45) is -10.0. The molecule has 0 fully saturated rings. The quantitative estimate of drug-likeness (QED) is 0.755. The van der Waals surface area contributed by atoms with Gasteiger partial charge in [-0.2, -0.15) is 26.3 Å². The maximum atomic E-state index is 12.7. The highest BCUT2D eigenvalue weighted by atomic mass is 19.4. The molecule has 1 atom stereocenters. The SMILES string of the molecule is Fc1cccc(OC(F)C(F)(F)C(F)(F)F)c1. The lowest BCUT2D eigenvalue weighted by Crippen LogP contribution is -2.47. The Morgan fingerprint density at radius 3 is 2.12 bits per heavy atom. The van der Waals surface area contributed by atoms with Crippen LogP contribution in [0, 0.1) is 5.82 Å². The lowest BCUT2D eigenvalue weighted by Gasteiger charge is -2.23. The molecule has 0 aliphatic carbocycles. The second-order valence-corrected chi connectivity index (χ2v) is 3.01. The second kappa shape index (κ2) is 4.42. The van der Waals surface area contributed by atoms with Crippen molar-refractivity contribution in [3.05, 3.63) is 30.1 Å². The van der Waals surface area contributed by atoms with Crippen molar-refractivity contribution in [2.24, 2.45) is 0 Å². The van der Waals surface area contributed by atoms with Gasteiger partial charge in [0, 0.05) is 6.07 Å². The van der Waals surface area contributed by atoms with Crippen molar-refractivity contribution < 1.29 is 35.5 Å². The first-order valence-corrected chi connectivity index (χ1v) is 4.15. The zero-order valence-electron chi connectivity index (χ0n) is 7.94. The summed E-state index contributed by atoms with van der Waals surface area (Å²) < 4.78 is 88.9. The van der Waals surface area contributed by atoms with Gasteiger partial charge < -0.3 is 4.74 Å². The van der Waals surface area contributed by atoms with E-state index in [1.54, 1.807) is 0 Å². The van der Waals surface area contributed by atoms with Gasteiger partial charge in [0.1, 0.15) is 11.6 Å². The minimum atomic E-state index is -6.08. The monoisotopic (exact) mass is 262 g/mol. The van der Waals surface area contributed by atoms with E-state index in [0.717, 1.165) is 18.2 Å². The van der Waals surface area contributed by atoms with Crippen molar-refractivity contribution >= 4 is 0 Å². The van der Waals surface area contributed by atoms with Crippen LogP contribution in [0.3, 0.4) is 0 Å². The van der Waals surface area contributed by atoms with E-state index < -0.39 is 30.0 Å². The third-order valence-corrected chi connectivity index (χ3v) is 1.70. The molecular weight excluding hydrogens is 257 g/mol. The van der Waals surface area contributed by atoms with E-state index in [2.05, 4.69) is 4.74 Å². The van der Waals surface area contributed by atoms with Crippen LogP contribution in [0.2, 0.25) is 0 Å². The summed E-state index contributed by atoms with van der Waals surface area (Å²) in [5.41, 5.74) is 0. The van der Waals surface area contributed by atoms with Crippen LogP contribution in [0.15, 0.2) is 24.3 Å². The van der Waals surface area contributed by atoms with Crippen molar-refractivity contribution in [2.75, 3.05) is 0 Å². The average molecular weight is 262 g/mol. The first kappa shape index (κ1) is 13.6. The molecule has 0 bridgehead atoms. The number of ether oxygens (including phenoxy) is 1. The topological polar surface area (TPSA) is 9.23 Å². The van der Waals surface area contributed by atoms with Crippen molar-refractivity contribution in [3.63, 3.8) is 0 Å². The Labute approximate surface area is 90.8 Å². The van der Waals surface area contributed by atoms with Crippen LogP contribution in [0.1, 0.15) is 0 Å². The molecule has 0 aliphatic heterocycles. The minimum absolute atomic E-state index is 0.485. The van der Waals surface area contributed by atoms with Crippen LogP contribution in [0.25, 0.3) is 0 Å². The van der Waals surface area contributed by atoms with Crippen LogP contribution in [-0.2, 0) is 0 Å². The van der Waals surface area contributed by atoms with Crippen LogP contribution in [-0.4, -0.2) is 18.5 Å². The van der Waals surface area contributed by atoms with E-state index in [0.29, 0.717) is 6.07 Å².